The fourth-order valence-electron chi connectivity index (χ4n) is 12.9. The van der Waals surface area contributed by atoms with Crippen LogP contribution in [0.2, 0.25) is 0 Å². The Morgan fingerprint density at radius 1 is 0.275 bits per heavy atom. The molecular formula is C83H162O17P2. The monoisotopic (exact) mass is 1490 g/mol. The summed E-state index contributed by atoms with van der Waals surface area (Å²) in [5.74, 6) is -1.25. The van der Waals surface area contributed by atoms with Crippen molar-refractivity contribution in [3.63, 3.8) is 0 Å². The van der Waals surface area contributed by atoms with Gasteiger partial charge in [-0.15, -0.1) is 0 Å². The van der Waals surface area contributed by atoms with Gasteiger partial charge in [0.05, 0.1) is 26.4 Å². The highest BCUT2D eigenvalue weighted by molar-refractivity contribution is 7.47. The van der Waals surface area contributed by atoms with Crippen molar-refractivity contribution in [3.8, 4) is 0 Å². The molecule has 0 radical (unpaired) electrons. The second-order valence-electron chi connectivity index (χ2n) is 30.1. The zero-order valence-electron chi connectivity index (χ0n) is 66.8. The summed E-state index contributed by atoms with van der Waals surface area (Å²) in [6.45, 7) is 7.39. The number of hydrogen-bond acceptors (Lipinski definition) is 15. The van der Waals surface area contributed by atoms with E-state index in [1.807, 2.05) is 0 Å². The van der Waals surface area contributed by atoms with Crippen molar-refractivity contribution in [2.45, 2.75) is 464 Å². The zero-order valence-corrected chi connectivity index (χ0v) is 68.5. The van der Waals surface area contributed by atoms with Gasteiger partial charge in [-0.3, -0.25) is 37.3 Å². The lowest BCUT2D eigenvalue weighted by Crippen LogP contribution is -2.30. The second-order valence-corrected chi connectivity index (χ2v) is 33.0. The Kier molecular flexibility index (Phi) is 74.4. The summed E-state index contributed by atoms with van der Waals surface area (Å²) in [5, 5.41) is 10.6. The number of carbonyl (C=O) groups excluding carboxylic acids is 4. The summed E-state index contributed by atoms with van der Waals surface area (Å²) in [6, 6.07) is 0. The molecule has 0 amide bonds. The first-order valence-electron chi connectivity index (χ1n) is 43.2. The number of esters is 4. The van der Waals surface area contributed by atoms with Gasteiger partial charge in [-0.25, -0.2) is 9.13 Å². The van der Waals surface area contributed by atoms with E-state index in [4.69, 9.17) is 37.0 Å². The number of aliphatic hydroxyl groups is 1. The average molecular weight is 1490 g/mol. The van der Waals surface area contributed by atoms with Gasteiger partial charge in [0.1, 0.15) is 19.3 Å². The first kappa shape index (κ1) is 100. The third-order valence-electron chi connectivity index (χ3n) is 19.9. The molecule has 0 aliphatic carbocycles. The second kappa shape index (κ2) is 75.9. The summed E-state index contributed by atoms with van der Waals surface area (Å²) in [6.07, 6.45) is 67.9. The maximum Gasteiger partial charge on any atom is 0.472 e. The number of aliphatic hydroxyl groups excluding tert-OH is 1. The fourth-order valence-corrected chi connectivity index (χ4v) is 14.5. The highest BCUT2D eigenvalue weighted by Crippen LogP contribution is 2.45. The summed E-state index contributed by atoms with van der Waals surface area (Å²) in [4.78, 5) is 73.1. The van der Waals surface area contributed by atoms with Crippen LogP contribution in [-0.4, -0.2) is 96.7 Å². The van der Waals surface area contributed by atoms with E-state index in [2.05, 4.69) is 34.6 Å². The topological polar surface area (TPSA) is 237 Å². The predicted octanol–water partition coefficient (Wildman–Crippen LogP) is 25.2. The lowest BCUT2D eigenvalue weighted by atomic mass is 9.99. The van der Waals surface area contributed by atoms with E-state index in [9.17, 15) is 43.2 Å². The first-order chi connectivity index (χ1) is 49.6. The number of phosphoric acid groups is 2. The van der Waals surface area contributed by atoms with Gasteiger partial charge in [-0.2, -0.15) is 0 Å². The van der Waals surface area contributed by atoms with Crippen molar-refractivity contribution >= 4 is 39.5 Å². The van der Waals surface area contributed by atoms with E-state index in [0.717, 1.165) is 95.8 Å². The van der Waals surface area contributed by atoms with Gasteiger partial charge in [-0.1, -0.05) is 394 Å². The number of hydrogen-bond donors (Lipinski definition) is 3. The molecule has 0 bridgehead atoms. The van der Waals surface area contributed by atoms with E-state index < -0.39 is 97.5 Å². The summed E-state index contributed by atoms with van der Waals surface area (Å²) in [7, 11) is -9.92. The number of carbonyl (C=O) groups is 4. The van der Waals surface area contributed by atoms with Crippen LogP contribution < -0.4 is 0 Å². The highest BCUT2D eigenvalue weighted by atomic mass is 31.2. The van der Waals surface area contributed by atoms with Gasteiger partial charge in [0.2, 0.25) is 0 Å². The molecule has 0 saturated heterocycles. The Hall–Kier alpha value is -1.94. The quantitative estimate of drug-likeness (QED) is 0.0222. The average Bonchev–Trinajstić information content (AvgIpc) is 0.981. The summed E-state index contributed by atoms with van der Waals surface area (Å²) < 4.78 is 68.8. The molecule has 0 rings (SSSR count). The van der Waals surface area contributed by atoms with Crippen molar-refractivity contribution in [2.24, 2.45) is 5.92 Å². The molecule has 6 atom stereocenters. The largest absolute Gasteiger partial charge is 0.472 e. The molecule has 3 N–H and O–H groups in total. The molecular weight excluding hydrogens is 1330 g/mol. The van der Waals surface area contributed by atoms with Crippen molar-refractivity contribution in [1.29, 1.82) is 0 Å². The van der Waals surface area contributed by atoms with Crippen LogP contribution in [-0.2, 0) is 65.4 Å². The molecule has 0 aromatic heterocycles. The Balaban J connectivity index is 5.22. The lowest BCUT2D eigenvalue weighted by Gasteiger charge is -2.21. The molecule has 0 saturated carbocycles. The Bertz CT molecular complexity index is 1950. The fraction of sp³-hybridized carbons (Fsp3) is 0.952. The lowest BCUT2D eigenvalue weighted by molar-refractivity contribution is -0.161. The van der Waals surface area contributed by atoms with Gasteiger partial charge >= 0.3 is 39.5 Å². The third kappa shape index (κ3) is 74.9. The smallest absolute Gasteiger partial charge is 0.462 e. The molecule has 19 heteroatoms. The van der Waals surface area contributed by atoms with Crippen LogP contribution >= 0.6 is 15.6 Å². The Labute approximate surface area is 626 Å². The Morgan fingerprint density at radius 2 is 0.471 bits per heavy atom. The summed E-state index contributed by atoms with van der Waals surface area (Å²) in [5.41, 5.74) is 0. The maximum atomic E-state index is 13.1. The number of phosphoric ester groups is 2. The normalized spacial score (nSPS) is 14.1. The van der Waals surface area contributed by atoms with Gasteiger partial charge in [0.15, 0.2) is 12.2 Å². The minimum Gasteiger partial charge on any atom is -0.462 e. The van der Waals surface area contributed by atoms with Gasteiger partial charge < -0.3 is 33.8 Å². The zero-order chi connectivity index (χ0) is 74.8. The molecule has 0 fully saturated rings. The highest BCUT2D eigenvalue weighted by Gasteiger charge is 2.30. The predicted molar refractivity (Wildman–Crippen MR) is 418 cm³/mol. The van der Waals surface area contributed by atoms with Crippen LogP contribution in [0.25, 0.3) is 0 Å². The van der Waals surface area contributed by atoms with E-state index in [1.54, 1.807) is 0 Å². The molecule has 0 spiro atoms. The Morgan fingerprint density at radius 3 is 0.696 bits per heavy atom. The van der Waals surface area contributed by atoms with Gasteiger partial charge in [-0.05, 0) is 31.6 Å². The van der Waals surface area contributed by atoms with Crippen LogP contribution in [0.4, 0.5) is 0 Å². The van der Waals surface area contributed by atoms with Crippen molar-refractivity contribution in [3.05, 3.63) is 0 Å². The van der Waals surface area contributed by atoms with E-state index >= 15 is 0 Å². The maximum absolute atomic E-state index is 13.1. The van der Waals surface area contributed by atoms with Crippen LogP contribution in [0.5, 0.6) is 0 Å². The van der Waals surface area contributed by atoms with E-state index in [0.29, 0.717) is 25.7 Å². The molecule has 0 aromatic carbocycles. The van der Waals surface area contributed by atoms with Crippen LogP contribution in [0, 0.1) is 5.92 Å². The van der Waals surface area contributed by atoms with Crippen molar-refractivity contribution in [1.82, 2.24) is 0 Å². The number of rotatable bonds is 83. The molecule has 102 heavy (non-hydrogen) atoms. The summed E-state index contributed by atoms with van der Waals surface area (Å²) >= 11 is 0. The molecule has 0 aliphatic heterocycles. The van der Waals surface area contributed by atoms with Gasteiger partial charge in [0, 0.05) is 25.7 Å². The molecule has 606 valence electrons. The van der Waals surface area contributed by atoms with Crippen molar-refractivity contribution in [2.75, 3.05) is 39.6 Å². The van der Waals surface area contributed by atoms with E-state index in [-0.39, 0.29) is 25.7 Å². The number of ether oxygens (including phenoxy) is 4. The standard InChI is InChI=1S/C83H162O17P2/c1-6-10-13-16-19-22-25-27-28-29-30-31-32-33-34-40-44-49-54-59-64-69-83(88)100-79(73-94-81(86)67-62-57-52-47-42-39-36-35-38-41-45-50-55-60-65-76(5)9-4)75-98-102(91,92)96-71-77(84)70-95-101(89,90)97-74-78(72-93-80(85)66-61-56-51-46-24-21-18-15-12-8-3)99-82(87)68-63-58-53-48-43-37-26-23-20-17-14-11-7-2/h76-79,84H,6-75H2,1-5H3,(H,89,90)(H,91,92)/t76?,77-,78+,79+/m0/s1. The van der Waals surface area contributed by atoms with Crippen molar-refractivity contribution < 1.29 is 80.2 Å². The van der Waals surface area contributed by atoms with Crippen LogP contribution in [0.3, 0.4) is 0 Å². The first-order valence-corrected chi connectivity index (χ1v) is 46.2. The molecule has 17 nitrogen and oxygen atoms in total. The van der Waals surface area contributed by atoms with E-state index in [1.165, 1.54) is 270 Å². The molecule has 0 aliphatic rings. The van der Waals surface area contributed by atoms with Gasteiger partial charge in [0.25, 0.3) is 0 Å². The molecule has 3 unspecified atom stereocenters. The molecule has 0 aromatic rings. The van der Waals surface area contributed by atoms with Crippen LogP contribution in [0.1, 0.15) is 446 Å². The third-order valence-corrected chi connectivity index (χ3v) is 21.8. The SMILES string of the molecule is CCCCCCCCCCCCCCCCCCCCCCCC(=O)O[C@H](COC(=O)CCCCCCCCCCCCCCCCC(C)CC)COP(=O)(O)OC[C@@H](O)COP(=O)(O)OC[C@@H](COC(=O)CCCCCCCCCCCC)OC(=O)CCCCCCCCCCCCCCC. The molecule has 0 heterocycles. The number of unbranched alkanes of at least 4 members (excludes halogenated alkanes) is 54. The minimum absolute atomic E-state index is 0.108. The van der Waals surface area contributed by atoms with Crippen LogP contribution in [0.15, 0.2) is 0 Å². The minimum atomic E-state index is -4.96.